The molecule has 3 N–H and O–H groups in total. The summed E-state index contributed by atoms with van der Waals surface area (Å²) in [5, 5.41) is 15.6. The van der Waals surface area contributed by atoms with E-state index in [4.69, 9.17) is 0 Å². The molecule has 0 fully saturated rings. The van der Waals surface area contributed by atoms with Crippen LogP contribution in [-0.2, 0) is 13.0 Å². The number of phenolic OH excluding ortho intramolecular Hbond substituents is 1. The predicted octanol–water partition coefficient (Wildman–Crippen LogP) is 2.83. The molecule has 0 aliphatic heterocycles. The third kappa shape index (κ3) is 5.62. The smallest absolute Gasteiger partial charge is 0.191 e. The molecule has 4 nitrogen and oxygen atoms in total. The van der Waals surface area contributed by atoms with Gasteiger partial charge in [0, 0.05) is 13.1 Å². The number of guanidine groups is 1. The van der Waals surface area contributed by atoms with Gasteiger partial charge in [-0.25, -0.2) is 9.38 Å². The average molecular weight is 315 g/mol. The maximum absolute atomic E-state index is 13.6. The van der Waals surface area contributed by atoms with E-state index in [0.717, 1.165) is 12.1 Å². The van der Waals surface area contributed by atoms with E-state index >= 15 is 0 Å². The molecule has 0 aliphatic carbocycles. The van der Waals surface area contributed by atoms with Gasteiger partial charge in [-0.05, 0) is 42.7 Å². The fraction of sp³-hybridized carbons (Fsp3) is 0.278. The van der Waals surface area contributed by atoms with Gasteiger partial charge in [-0.1, -0.05) is 30.3 Å². The molecule has 0 aliphatic rings. The van der Waals surface area contributed by atoms with Gasteiger partial charge in [0.15, 0.2) is 5.96 Å². The minimum Gasteiger partial charge on any atom is -0.508 e. The number of aromatic hydroxyl groups is 1. The maximum Gasteiger partial charge on any atom is 0.191 e. The summed E-state index contributed by atoms with van der Waals surface area (Å²) in [6, 6.07) is 13.7. The summed E-state index contributed by atoms with van der Waals surface area (Å²) in [6.07, 6.45) is 0.594. The molecule has 0 atom stereocenters. The molecule has 2 aromatic carbocycles. The summed E-state index contributed by atoms with van der Waals surface area (Å²) in [5.74, 6) is 0.755. The zero-order valence-electron chi connectivity index (χ0n) is 13.2. The maximum atomic E-state index is 13.6. The van der Waals surface area contributed by atoms with Crippen LogP contribution in [0.1, 0.15) is 18.1 Å². The lowest BCUT2D eigenvalue weighted by Gasteiger charge is -2.11. The molecule has 0 radical (unpaired) electrons. The predicted molar refractivity (Wildman–Crippen MR) is 91.0 cm³/mol. The first-order chi connectivity index (χ1) is 11.2. The number of halogens is 1. The largest absolute Gasteiger partial charge is 0.508 e. The number of aliphatic imine (C=N–C) groups is 1. The Morgan fingerprint density at radius 2 is 1.83 bits per heavy atom. The SMILES string of the molecule is CCNC(=NCc1ccc(O)cc1)NCCc1ccccc1F. The van der Waals surface area contributed by atoms with Crippen molar-refractivity contribution in [3.05, 3.63) is 65.5 Å². The van der Waals surface area contributed by atoms with Gasteiger partial charge in [-0.15, -0.1) is 0 Å². The Kier molecular flexibility index (Phi) is 6.41. The number of benzene rings is 2. The van der Waals surface area contributed by atoms with E-state index in [1.807, 2.05) is 25.1 Å². The molecule has 0 unspecified atom stereocenters. The summed E-state index contributed by atoms with van der Waals surface area (Å²) in [4.78, 5) is 4.49. The third-order valence-corrected chi connectivity index (χ3v) is 3.34. The highest BCUT2D eigenvalue weighted by atomic mass is 19.1. The quantitative estimate of drug-likeness (QED) is 0.567. The molecular formula is C18H22FN3O. The number of nitrogens with one attached hydrogen (secondary N) is 2. The van der Waals surface area contributed by atoms with Crippen LogP contribution in [0.3, 0.4) is 0 Å². The Bertz CT molecular complexity index is 641. The summed E-state index contributed by atoms with van der Waals surface area (Å²) in [5.41, 5.74) is 1.70. The second-order valence-corrected chi connectivity index (χ2v) is 5.13. The standard InChI is InChI=1S/C18H22FN3O/c1-2-20-18(22-13-14-7-9-16(23)10-8-14)21-12-11-15-5-3-4-6-17(15)19/h3-10,23H,2,11-13H2,1H3,(H2,20,21,22). The van der Waals surface area contributed by atoms with Crippen LogP contribution in [-0.4, -0.2) is 24.2 Å². The first-order valence-electron chi connectivity index (χ1n) is 7.72. The molecule has 23 heavy (non-hydrogen) atoms. The normalized spacial score (nSPS) is 11.3. The lowest BCUT2D eigenvalue weighted by Crippen LogP contribution is -2.38. The van der Waals surface area contributed by atoms with E-state index in [2.05, 4.69) is 15.6 Å². The van der Waals surface area contributed by atoms with Crippen molar-refractivity contribution >= 4 is 5.96 Å². The van der Waals surface area contributed by atoms with Gasteiger partial charge in [0.2, 0.25) is 0 Å². The van der Waals surface area contributed by atoms with Crippen LogP contribution in [0.5, 0.6) is 5.75 Å². The molecule has 0 saturated heterocycles. The number of phenols is 1. The van der Waals surface area contributed by atoms with E-state index < -0.39 is 0 Å². The fourth-order valence-corrected chi connectivity index (χ4v) is 2.13. The minimum atomic E-state index is -0.180. The van der Waals surface area contributed by atoms with Crippen molar-refractivity contribution < 1.29 is 9.50 Å². The summed E-state index contributed by atoms with van der Waals surface area (Å²) in [7, 11) is 0. The molecular weight excluding hydrogens is 293 g/mol. The number of hydrogen-bond donors (Lipinski definition) is 3. The highest BCUT2D eigenvalue weighted by Crippen LogP contribution is 2.10. The van der Waals surface area contributed by atoms with E-state index in [0.29, 0.717) is 31.0 Å². The number of hydrogen-bond acceptors (Lipinski definition) is 2. The van der Waals surface area contributed by atoms with Crippen molar-refractivity contribution in [1.82, 2.24) is 10.6 Å². The molecule has 0 amide bonds. The molecule has 0 heterocycles. The van der Waals surface area contributed by atoms with Crippen LogP contribution in [0.25, 0.3) is 0 Å². The van der Waals surface area contributed by atoms with Crippen LogP contribution < -0.4 is 10.6 Å². The Hall–Kier alpha value is -2.56. The Balaban J connectivity index is 1.89. The number of rotatable bonds is 6. The Morgan fingerprint density at radius 3 is 2.52 bits per heavy atom. The van der Waals surface area contributed by atoms with Crippen molar-refractivity contribution in [1.29, 1.82) is 0 Å². The summed E-state index contributed by atoms with van der Waals surface area (Å²) in [6.45, 7) is 3.85. The fourth-order valence-electron chi connectivity index (χ4n) is 2.13. The monoisotopic (exact) mass is 315 g/mol. The van der Waals surface area contributed by atoms with Gasteiger partial charge < -0.3 is 15.7 Å². The van der Waals surface area contributed by atoms with Gasteiger partial charge >= 0.3 is 0 Å². The highest BCUT2D eigenvalue weighted by Gasteiger charge is 2.02. The van der Waals surface area contributed by atoms with Crippen LogP contribution >= 0.6 is 0 Å². The zero-order valence-corrected chi connectivity index (χ0v) is 13.2. The second-order valence-electron chi connectivity index (χ2n) is 5.13. The second kappa shape index (κ2) is 8.78. The summed E-state index contributed by atoms with van der Waals surface area (Å²) < 4.78 is 13.6. The van der Waals surface area contributed by atoms with Crippen molar-refractivity contribution in [2.75, 3.05) is 13.1 Å². The molecule has 0 aromatic heterocycles. The number of nitrogens with zero attached hydrogens (tertiary/aromatic N) is 1. The molecule has 0 bridgehead atoms. The van der Waals surface area contributed by atoms with Crippen molar-refractivity contribution in [2.24, 2.45) is 4.99 Å². The van der Waals surface area contributed by atoms with Gasteiger partial charge in [0.05, 0.1) is 6.54 Å². The van der Waals surface area contributed by atoms with Crippen LogP contribution in [0.2, 0.25) is 0 Å². The van der Waals surface area contributed by atoms with E-state index in [1.54, 1.807) is 24.3 Å². The van der Waals surface area contributed by atoms with Crippen LogP contribution in [0.4, 0.5) is 4.39 Å². The molecule has 0 saturated carbocycles. The van der Waals surface area contributed by atoms with E-state index in [-0.39, 0.29) is 11.6 Å². The van der Waals surface area contributed by atoms with Gasteiger partial charge in [0.25, 0.3) is 0 Å². The lowest BCUT2D eigenvalue weighted by atomic mass is 10.1. The molecule has 122 valence electrons. The van der Waals surface area contributed by atoms with E-state index in [1.165, 1.54) is 6.07 Å². The van der Waals surface area contributed by atoms with Crippen molar-refractivity contribution in [3.63, 3.8) is 0 Å². The summed E-state index contributed by atoms with van der Waals surface area (Å²) >= 11 is 0. The molecule has 0 spiro atoms. The minimum absolute atomic E-state index is 0.180. The molecule has 5 heteroatoms. The Labute approximate surface area is 136 Å². The molecule has 2 rings (SSSR count). The lowest BCUT2D eigenvalue weighted by molar-refractivity contribution is 0.475. The van der Waals surface area contributed by atoms with Crippen LogP contribution in [0, 0.1) is 5.82 Å². The third-order valence-electron chi connectivity index (χ3n) is 3.34. The first kappa shape index (κ1) is 16.8. The van der Waals surface area contributed by atoms with E-state index in [9.17, 15) is 9.50 Å². The van der Waals surface area contributed by atoms with Crippen LogP contribution in [0.15, 0.2) is 53.5 Å². The Morgan fingerprint density at radius 1 is 1.09 bits per heavy atom. The van der Waals surface area contributed by atoms with Crippen molar-refractivity contribution in [3.8, 4) is 5.75 Å². The topological polar surface area (TPSA) is 56.7 Å². The van der Waals surface area contributed by atoms with Gasteiger partial charge in [-0.3, -0.25) is 0 Å². The zero-order chi connectivity index (χ0) is 16.5. The average Bonchev–Trinajstić information content (AvgIpc) is 2.56. The van der Waals surface area contributed by atoms with Gasteiger partial charge in [-0.2, -0.15) is 0 Å². The first-order valence-corrected chi connectivity index (χ1v) is 7.72. The molecule has 2 aromatic rings. The van der Waals surface area contributed by atoms with Gasteiger partial charge in [0.1, 0.15) is 11.6 Å². The highest BCUT2D eigenvalue weighted by molar-refractivity contribution is 5.79. The van der Waals surface area contributed by atoms with Crippen molar-refractivity contribution in [2.45, 2.75) is 19.9 Å².